The first kappa shape index (κ1) is 15.9. The molecule has 0 radical (unpaired) electrons. The van der Waals surface area contributed by atoms with Crippen molar-refractivity contribution in [3.8, 4) is 11.4 Å². The highest BCUT2D eigenvalue weighted by Crippen LogP contribution is 2.23. The number of thiazole rings is 1. The number of anilines is 1. The van der Waals surface area contributed by atoms with Crippen molar-refractivity contribution in [2.24, 2.45) is 4.99 Å². The first-order valence-corrected chi connectivity index (χ1v) is 7.58. The van der Waals surface area contributed by atoms with Crippen LogP contribution in [-0.2, 0) is 11.3 Å². The Kier molecular flexibility index (Phi) is 5.42. The van der Waals surface area contributed by atoms with Gasteiger partial charge in [0.1, 0.15) is 5.69 Å². The maximum absolute atomic E-state index is 11.0. The summed E-state index contributed by atoms with van der Waals surface area (Å²) in [5.41, 5.74) is 2.34. The van der Waals surface area contributed by atoms with E-state index in [1.807, 2.05) is 23.6 Å². The van der Waals surface area contributed by atoms with E-state index in [9.17, 15) is 4.79 Å². The molecule has 116 valence electrons. The van der Waals surface area contributed by atoms with Crippen LogP contribution >= 0.6 is 11.3 Å². The highest BCUT2D eigenvalue weighted by Gasteiger charge is 2.08. The molecule has 7 nitrogen and oxygen atoms in total. The van der Waals surface area contributed by atoms with Gasteiger partial charge in [-0.3, -0.25) is 9.79 Å². The molecule has 0 atom stereocenters. The molecule has 0 aromatic carbocycles. The van der Waals surface area contributed by atoms with Gasteiger partial charge in [0.2, 0.25) is 5.91 Å². The van der Waals surface area contributed by atoms with Crippen molar-refractivity contribution < 1.29 is 4.79 Å². The lowest BCUT2D eigenvalue weighted by Gasteiger charge is -2.04. The van der Waals surface area contributed by atoms with Crippen LogP contribution in [0.2, 0.25) is 0 Å². The van der Waals surface area contributed by atoms with Gasteiger partial charge in [-0.05, 0) is 12.1 Å². The minimum Gasteiger partial charge on any atom is -0.359 e. The zero-order valence-electron chi connectivity index (χ0n) is 12.7. The molecule has 0 aliphatic rings. The number of aliphatic imine (C=N–C) groups is 1. The smallest absolute Gasteiger partial charge is 0.217 e. The van der Waals surface area contributed by atoms with Crippen LogP contribution in [0.15, 0.2) is 28.6 Å². The van der Waals surface area contributed by atoms with Crippen LogP contribution in [0.25, 0.3) is 11.4 Å². The van der Waals surface area contributed by atoms with Crippen molar-refractivity contribution >= 4 is 28.3 Å². The molecule has 8 heteroatoms. The molecule has 2 heterocycles. The van der Waals surface area contributed by atoms with Crippen LogP contribution in [0, 0.1) is 0 Å². The standard InChI is InChI=1S/C14H18N6OS/c1-9(21)17-7-10-5-4-6-11(18-10)12-8-22-14(19-12)20-13(15-2)16-3/h4-6,8H,7H2,1-3H3,(H,17,21)(H2,15,16,19,20). The molecule has 1 amide bonds. The molecule has 0 saturated carbocycles. The van der Waals surface area contributed by atoms with E-state index in [0.717, 1.165) is 22.2 Å². The first-order valence-electron chi connectivity index (χ1n) is 6.70. The number of carbonyl (C=O) groups excluding carboxylic acids is 1. The van der Waals surface area contributed by atoms with Crippen molar-refractivity contribution in [2.75, 3.05) is 19.4 Å². The van der Waals surface area contributed by atoms with Gasteiger partial charge in [-0.1, -0.05) is 6.07 Å². The molecule has 0 unspecified atom stereocenters. The molecule has 2 aromatic rings. The second kappa shape index (κ2) is 7.51. The van der Waals surface area contributed by atoms with E-state index in [-0.39, 0.29) is 5.91 Å². The molecule has 0 aliphatic carbocycles. The summed E-state index contributed by atoms with van der Waals surface area (Å²) in [5.74, 6) is 0.569. The van der Waals surface area contributed by atoms with Gasteiger partial charge in [-0.25, -0.2) is 9.97 Å². The lowest BCUT2D eigenvalue weighted by atomic mass is 10.2. The summed E-state index contributed by atoms with van der Waals surface area (Å²) in [5, 5.41) is 11.4. The average molecular weight is 318 g/mol. The summed E-state index contributed by atoms with van der Waals surface area (Å²) in [6.07, 6.45) is 0. The van der Waals surface area contributed by atoms with Gasteiger partial charge in [-0.2, -0.15) is 0 Å². The van der Waals surface area contributed by atoms with Crippen molar-refractivity contribution in [1.29, 1.82) is 0 Å². The van der Waals surface area contributed by atoms with Crippen LogP contribution in [-0.4, -0.2) is 35.9 Å². The maximum atomic E-state index is 11.0. The second-order valence-corrected chi connectivity index (χ2v) is 5.27. The lowest BCUT2D eigenvalue weighted by Crippen LogP contribution is -2.26. The zero-order chi connectivity index (χ0) is 15.9. The largest absolute Gasteiger partial charge is 0.359 e. The van der Waals surface area contributed by atoms with Crippen molar-refractivity contribution in [2.45, 2.75) is 13.5 Å². The number of amides is 1. The number of carbonyl (C=O) groups is 1. The van der Waals surface area contributed by atoms with E-state index in [0.29, 0.717) is 12.5 Å². The first-order chi connectivity index (χ1) is 10.6. The van der Waals surface area contributed by atoms with Crippen LogP contribution in [0.4, 0.5) is 5.13 Å². The molecule has 22 heavy (non-hydrogen) atoms. The molecular formula is C14H18N6OS. The SMILES string of the molecule is CN=C(NC)Nc1nc(-c2cccc(CNC(C)=O)n2)cs1. The number of pyridine rings is 1. The van der Waals surface area contributed by atoms with Gasteiger partial charge in [0.25, 0.3) is 0 Å². The summed E-state index contributed by atoms with van der Waals surface area (Å²) in [6, 6.07) is 5.66. The predicted molar refractivity (Wildman–Crippen MR) is 88.9 cm³/mol. The zero-order valence-corrected chi connectivity index (χ0v) is 13.5. The number of nitrogens with zero attached hydrogens (tertiary/aromatic N) is 3. The topological polar surface area (TPSA) is 91.3 Å². The van der Waals surface area contributed by atoms with Crippen LogP contribution in [0.3, 0.4) is 0 Å². The third-order valence-corrected chi connectivity index (χ3v) is 3.54. The second-order valence-electron chi connectivity index (χ2n) is 4.41. The summed E-state index contributed by atoms with van der Waals surface area (Å²) >= 11 is 1.47. The van der Waals surface area contributed by atoms with Crippen LogP contribution in [0.1, 0.15) is 12.6 Å². The lowest BCUT2D eigenvalue weighted by molar-refractivity contribution is -0.119. The van der Waals surface area contributed by atoms with Crippen LogP contribution in [0.5, 0.6) is 0 Å². The highest BCUT2D eigenvalue weighted by molar-refractivity contribution is 7.14. The Bertz CT molecular complexity index is 681. The Morgan fingerprint density at radius 1 is 1.32 bits per heavy atom. The number of nitrogens with one attached hydrogen (secondary N) is 3. The Labute approximate surface area is 132 Å². The fraction of sp³-hybridized carbons (Fsp3) is 0.286. The van der Waals surface area contributed by atoms with Gasteiger partial charge in [0.15, 0.2) is 11.1 Å². The minimum absolute atomic E-state index is 0.0780. The summed E-state index contributed by atoms with van der Waals surface area (Å²) in [6.45, 7) is 1.89. The molecule has 0 fully saturated rings. The molecule has 2 aromatic heterocycles. The Morgan fingerprint density at radius 2 is 2.14 bits per heavy atom. The predicted octanol–water partition coefficient (Wildman–Crippen LogP) is 1.46. The number of rotatable bonds is 4. The van der Waals surface area contributed by atoms with Gasteiger partial charge >= 0.3 is 0 Å². The average Bonchev–Trinajstić information content (AvgIpc) is 2.99. The minimum atomic E-state index is -0.0780. The molecule has 2 rings (SSSR count). The van der Waals surface area contributed by atoms with Crippen molar-refractivity contribution in [3.05, 3.63) is 29.3 Å². The normalized spacial score (nSPS) is 11.1. The summed E-state index contributed by atoms with van der Waals surface area (Å²) in [4.78, 5) is 24.0. The number of guanidine groups is 1. The Morgan fingerprint density at radius 3 is 2.82 bits per heavy atom. The quantitative estimate of drug-likeness (QED) is 0.586. The molecule has 3 N–H and O–H groups in total. The summed E-state index contributed by atoms with van der Waals surface area (Å²) < 4.78 is 0. The number of aromatic nitrogens is 2. The molecule has 0 aliphatic heterocycles. The summed E-state index contributed by atoms with van der Waals surface area (Å²) in [7, 11) is 3.48. The third-order valence-electron chi connectivity index (χ3n) is 2.78. The number of hydrogen-bond acceptors (Lipinski definition) is 5. The van der Waals surface area contributed by atoms with E-state index in [4.69, 9.17) is 0 Å². The van der Waals surface area contributed by atoms with E-state index in [1.165, 1.54) is 18.3 Å². The molecule has 0 spiro atoms. The Balaban J connectivity index is 2.13. The van der Waals surface area contributed by atoms with Gasteiger partial charge in [-0.15, -0.1) is 11.3 Å². The van der Waals surface area contributed by atoms with E-state index in [1.54, 1.807) is 14.1 Å². The maximum Gasteiger partial charge on any atom is 0.217 e. The molecule has 0 bridgehead atoms. The van der Waals surface area contributed by atoms with Crippen LogP contribution < -0.4 is 16.0 Å². The van der Waals surface area contributed by atoms with E-state index < -0.39 is 0 Å². The Hall–Kier alpha value is -2.48. The van der Waals surface area contributed by atoms with E-state index in [2.05, 4.69) is 30.9 Å². The highest BCUT2D eigenvalue weighted by atomic mass is 32.1. The fourth-order valence-corrected chi connectivity index (χ4v) is 2.42. The van der Waals surface area contributed by atoms with Gasteiger partial charge < -0.3 is 16.0 Å². The van der Waals surface area contributed by atoms with Crippen molar-refractivity contribution in [1.82, 2.24) is 20.6 Å². The number of hydrogen-bond donors (Lipinski definition) is 3. The third kappa shape index (κ3) is 4.26. The molecule has 0 saturated heterocycles. The van der Waals surface area contributed by atoms with Crippen molar-refractivity contribution in [3.63, 3.8) is 0 Å². The van der Waals surface area contributed by atoms with Gasteiger partial charge in [0, 0.05) is 26.4 Å². The van der Waals surface area contributed by atoms with E-state index >= 15 is 0 Å². The molecular weight excluding hydrogens is 300 g/mol. The fourth-order valence-electron chi connectivity index (χ4n) is 1.72. The van der Waals surface area contributed by atoms with Gasteiger partial charge in [0.05, 0.1) is 17.9 Å². The monoisotopic (exact) mass is 318 g/mol.